The summed E-state index contributed by atoms with van der Waals surface area (Å²) < 4.78 is 5.30. The van der Waals surface area contributed by atoms with E-state index in [-0.39, 0.29) is 0 Å². The van der Waals surface area contributed by atoms with E-state index in [9.17, 15) is 0 Å². The summed E-state index contributed by atoms with van der Waals surface area (Å²) in [5, 5.41) is 0.717. The van der Waals surface area contributed by atoms with Crippen molar-refractivity contribution in [3.63, 3.8) is 0 Å². The summed E-state index contributed by atoms with van der Waals surface area (Å²) >= 11 is 6.30. The third-order valence-electron chi connectivity index (χ3n) is 4.01. The van der Waals surface area contributed by atoms with Crippen molar-refractivity contribution < 1.29 is 4.74 Å². The van der Waals surface area contributed by atoms with Gasteiger partial charge < -0.3 is 20.3 Å². The van der Waals surface area contributed by atoms with Crippen molar-refractivity contribution >= 4 is 28.7 Å². The molecule has 22 heavy (non-hydrogen) atoms. The highest BCUT2D eigenvalue weighted by molar-refractivity contribution is 6.33. The summed E-state index contributed by atoms with van der Waals surface area (Å²) in [6, 6.07) is 13.9. The molecule has 3 rings (SSSR count). The van der Waals surface area contributed by atoms with Crippen LogP contribution in [-0.2, 0) is 0 Å². The Labute approximate surface area is 136 Å². The maximum Gasteiger partial charge on any atom is 0.120 e. The lowest BCUT2D eigenvalue weighted by atomic mass is 10.2. The van der Waals surface area contributed by atoms with Crippen LogP contribution in [0.5, 0.6) is 5.75 Å². The highest BCUT2D eigenvalue weighted by Gasteiger charge is 2.19. The average Bonchev–Trinajstić information content (AvgIpc) is 2.55. The summed E-state index contributed by atoms with van der Waals surface area (Å²) in [5.41, 5.74) is 8.71. The first-order valence-corrected chi connectivity index (χ1v) is 7.74. The van der Waals surface area contributed by atoms with Crippen LogP contribution in [0.15, 0.2) is 42.5 Å². The number of ether oxygens (including phenoxy) is 1. The molecule has 5 heteroatoms. The van der Waals surface area contributed by atoms with Crippen molar-refractivity contribution in [3.8, 4) is 5.75 Å². The van der Waals surface area contributed by atoms with Gasteiger partial charge in [0.05, 0.1) is 17.8 Å². The van der Waals surface area contributed by atoms with E-state index in [2.05, 4.69) is 21.9 Å². The molecule has 4 nitrogen and oxygen atoms in total. The lowest BCUT2D eigenvalue weighted by Gasteiger charge is -2.37. The second kappa shape index (κ2) is 6.36. The molecule has 1 saturated heterocycles. The van der Waals surface area contributed by atoms with Crippen LogP contribution in [0, 0.1) is 0 Å². The number of methoxy groups -OCH3 is 1. The Hall–Kier alpha value is -2.07. The molecular weight excluding hydrogens is 298 g/mol. The largest absolute Gasteiger partial charge is 0.497 e. The van der Waals surface area contributed by atoms with Crippen LogP contribution in [-0.4, -0.2) is 33.3 Å². The minimum absolute atomic E-state index is 0.698. The number of anilines is 3. The lowest BCUT2D eigenvalue weighted by molar-refractivity contribution is 0.414. The van der Waals surface area contributed by atoms with Gasteiger partial charge in [-0.15, -0.1) is 0 Å². The fourth-order valence-corrected chi connectivity index (χ4v) is 3.10. The molecule has 0 aliphatic carbocycles. The third-order valence-corrected chi connectivity index (χ3v) is 4.31. The zero-order chi connectivity index (χ0) is 15.5. The van der Waals surface area contributed by atoms with Crippen molar-refractivity contribution in [1.82, 2.24) is 0 Å². The fourth-order valence-electron chi connectivity index (χ4n) is 2.79. The minimum Gasteiger partial charge on any atom is -0.497 e. The second-order valence-corrected chi connectivity index (χ2v) is 5.79. The van der Waals surface area contributed by atoms with Crippen LogP contribution in [0.3, 0.4) is 0 Å². The van der Waals surface area contributed by atoms with E-state index >= 15 is 0 Å². The monoisotopic (exact) mass is 317 g/mol. The molecule has 1 heterocycles. The number of nitrogen functional groups attached to an aromatic ring is 1. The van der Waals surface area contributed by atoms with Gasteiger partial charge in [-0.05, 0) is 30.3 Å². The molecule has 1 aliphatic heterocycles. The van der Waals surface area contributed by atoms with Crippen molar-refractivity contribution in [1.29, 1.82) is 0 Å². The highest BCUT2D eigenvalue weighted by atomic mass is 35.5. The predicted molar refractivity (Wildman–Crippen MR) is 93.3 cm³/mol. The number of hydrogen-bond acceptors (Lipinski definition) is 4. The summed E-state index contributed by atoms with van der Waals surface area (Å²) in [4.78, 5) is 4.67. The summed E-state index contributed by atoms with van der Waals surface area (Å²) in [6.07, 6.45) is 0. The Kier molecular flexibility index (Phi) is 4.29. The lowest BCUT2D eigenvalue weighted by Crippen LogP contribution is -2.46. The summed E-state index contributed by atoms with van der Waals surface area (Å²) in [5.74, 6) is 0.890. The Morgan fingerprint density at radius 3 is 2.41 bits per heavy atom. The van der Waals surface area contributed by atoms with E-state index in [4.69, 9.17) is 22.1 Å². The normalized spacial score (nSPS) is 15.0. The molecule has 0 amide bonds. The van der Waals surface area contributed by atoms with Gasteiger partial charge in [0.1, 0.15) is 5.75 Å². The quantitative estimate of drug-likeness (QED) is 0.882. The van der Waals surface area contributed by atoms with Crippen LogP contribution in [0.4, 0.5) is 17.1 Å². The van der Waals surface area contributed by atoms with Gasteiger partial charge in [-0.1, -0.05) is 17.7 Å². The van der Waals surface area contributed by atoms with Crippen molar-refractivity contribution in [2.75, 3.05) is 48.8 Å². The van der Waals surface area contributed by atoms with E-state index < -0.39 is 0 Å². The smallest absolute Gasteiger partial charge is 0.120 e. The Morgan fingerprint density at radius 1 is 1.00 bits per heavy atom. The van der Waals surface area contributed by atoms with Gasteiger partial charge >= 0.3 is 0 Å². The van der Waals surface area contributed by atoms with E-state index in [0.29, 0.717) is 5.69 Å². The van der Waals surface area contributed by atoms with Gasteiger partial charge in [-0.2, -0.15) is 0 Å². The zero-order valence-corrected chi connectivity index (χ0v) is 13.4. The molecule has 1 fully saturated rings. The molecule has 0 bridgehead atoms. The number of hydrogen-bond donors (Lipinski definition) is 1. The predicted octanol–water partition coefficient (Wildman–Crippen LogP) is 3.26. The van der Waals surface area contributed by atoms with E-state index in [0.717, 1.165) is 42.6 Å². The topological polar surface area (TPSA) is 41.7 Å². The molecule has 0 spiro atoms. The number of benzene rings is 2. The minimum atomic E-state index is 0.698. The van der Waals surface area contributed by atoms with Crippen LogP contribution in [0.1, 0.15) is 0 Å². The van der Waals surface area contributed by atoms with Crippen molar-refractivity contribution in [2.24, 2.45) is 0 Å². The number of piperazine rings is 1. The molecule has 2 aromatic rings. The van der Waals surface area contributed by atoms with Crippen LogP contribution >= 0.6 is 11.6 Å². The van der Waals surface area contributed by atoms with Crippen LogP contribution < -0.4 is 20.3 Å². The van der Waals surface area contributed by atoms with Gasteiger partial charge in [0.25, 0.3) is 0 Å². The zero-order valence-electron chi connectivity index (χ0n) is 12.6. The maximum absolute atomic E-state index is 6.30. The maximum atomic E-state index is 6.30. The molecule has 0 atom stereocenters. The highest BCUT2D eigenvalue weighted by Crippen LogP contribution is 2.29. The number of rotatable bonds is 3. The molecule has 1 aliphatic rings. The van der Waals surface area contributed by atoms with Gasteiger partial charge in [-0.25, -0.2) is 0 Å². The molecule has 0 saturated carbocycles. The summed E-state index contributed by atoms with van der Waals surface area (Å²) in [7, 11) is 1.69. The van der Waals surface area contributed by atoms with Crippen LogP contribution in [0.25, 0.3) is 0 Å². The molecule has 0 aromatic heterocycles. The third kappa shape index (κ3) is 3.07. The van der Waals surface area contributed by atoms with Crippen molar-refractivity contribution in [3.05, 3.63) is 47.5 Å². The molecule has 0 radical (unpaired) electrons. The van der Waals surface area contributed by atoms with Gasteiger partial charge in [0.2, 0.25) is 0 Å². The van der Waals surface area contributed by atoms with E-state index in [1.165, 1.54) is 5.69 Å². The first-order chi connectivity index (χ1) is 10.7. The van der Waals surface area contributed by atoms with Crippen LogP contribution in [0.2, 0.25) is 5.02 Å². The van der Waals surface area contributed by atoms with Gasteiger partial charge in [0, 0.05) is 43.6 Å². The number of nitrogens with two attached hydrogens (primary N) is 1. The number of halogens is 1. The second-order valence-electron chi connectivity index (χ2n) is 5.39. The Morgan fingerprint density at radius 2 is 1.73 bits per heavy atom. The average molecular weight is 318 g/mol. The fraction of sp³-hybridized carbons (Fsp3) is 0.294. The van der Waals surface area contributed by atoms with Gasteiger partial charge in [-0.3, -0.25) is 0 Å². The molecule has 2 aromatic carbocycles. The number of nitrogens with zero attached hydrogens (tertiary/aromatic N) is 2. The van der Waals surface area contributed by atoms with Crippen molar-refractivity contribution in [2.45, 2.75) is 0 Å². The van der Waals surface area contributed by atoms with Gasteiger partial charge in [0.15, 0.2) is 0 Å². The molecule has 116 valence electrons. The van der Waals surface area contributed by atoms with E-state index in [1.807, 2.05) is 30.3 Å². The standard InChI is InChI=1S/C17H20ClN3O/c1-22-15-4-2-3-14(12-15)20-7-9-21(10-8-20)17-6-5-13(19)11-16(17)18/h2-6,11-12H,7-10,19H2,1H3. The Balaban J connectivity index is 1.69. The molecular formula is C17H20ClN3O. The first-order valence-electron chi connectivity index (χ1n) is 7.36. The molecule has 2 N–H and O–H groups in total. The molecule has 0 unspecified atom stereocenters. The van der Waals surface area contributed by atoms with E-state index in [1.54, 1.807) is 7.11 Å². The summed E-state index contributed by atoms with van der Waals surface area (Å²) in [6.45, 7) is 3.77. The SMILES string of the molecule is COc1cccc(N2CCN(c3ccc(N)cc3Cl)CC2)c1. The Bertz CT molecular complexity index is 654. The first kappa shape index (κ1) is 14.9.